The molecule has 1 atom stereocenters. The van der Waals surface area contributed by atoms with E-state index in [9.17, 15) is 4.79 Å². The summed E-state index contributed by atoms with van der Waals surface area (Å²) >= 11 is 3.54. The molecule has 1 saturated heterocycles. The Kier molecular flexibility index (Phi) is 4.78. The molecule has 1 heterocycles. The summed E-state index contributed by atoms with van der Waals surface area (Å²) in [6, 6.07) is 8.17. The van der Waals surface area contributed by atoms with E-state index >= 15 is 0 Å². The maximum Gasteiger partial charge on any atom is 0.226 e. The van der Waals surface area contributed by atoms with Gasteiger partial charge in [0.2, 0.25) is 5.91 Å². The van der Waals surface area contributed by atoms with Crippen molar-refractivity contribution >= 4 is 21.8 Å². The zero-order chi connectivity index (χ0) is 13.0. The van der Waals surface area contributed by atoms with Crippen molar-refractivity contribution in [3.63, 3.8) is 0 Å². The first-order valence-corrected chi connectivity index (χ1v) is 7.17. The minimum atomic E-state index is 0.175. The predicted octanol–water partition coefficient (Wildman–Crippen LogP) is 2.06. The van der Waals surface area contributed by atoms with E-state index in [1.54, 1.807) is 0 Å². The van der Waals surface area contributed by atoms with E-state index in [-0.39, 0.29) is 11.8 Å². The number of carbonyl (C=O) groups excluding carboxylic acids is 1. The van der Waals surface area contributed by atoms with Gasteiger partial charge in [-0.15, -0.1) is 0 Å². The number of likely N-dealkylation sites (N-methyl/N-ethyl adjacent to an activating group) is 1. The predicted molar refractivity (Wildman–Crippen MR) is 76.5 cm³/mol. The van der Waals surface area contributed by atoms with Crippen LogP contribution in [0.3, 0.4) is 0 Å². The van der Waals surface area contributed by atoms with Gasteiger partial charge in [0.1, 0.15) is 0 Å². The number of hydrogen-bond acceptors (Lipinski definition) is 2. The van der Waals surface area contributed by atoms with Crippen LogP contribution >= 0.6 is 15.9 Å². The van der Waals surface area contributed by atoms with E-state index in [1.165, 1.54) is 5.56 Å². The fraction of sp³-hybridized carbons (Fsp3) is 0.500. The zero-order valence-electron chi connectivity index (χ0n) is 10.7. The van der Waals surface area contributed by atoms with Crippen molar-refractivity contribution in [2.24, 2.45) is 5.92 Å². The van der Waals surface area contributed by atoms with Gasteiger partial charge in [0.25, 0.3) is 0 Å². The summed E-state index contributed by atoms with van der Waals surface area (Å²) in [5.74, 6) is 0.446. The Labute approximate surface area is 117 Å². The van der Waals surface area contributed by atoms with Crippen LogP contribution in [0.2, 0.25) is 0 Å². The van der Waals surface area contributed by atoms with Crippen LogP contribution in [0.4, 0.5) is 0 Å². The Balaban J connectivity index is 1.86. The lowest BCUT2D eigenvalue weighted by Crippen LogP contribution is -2.35. The normalized spacial score (nSPS) is 18.9. The number of halogens is 1. The molecule has 0 saturated carbocycles. The standard InChI is InChI=1S/C14H19BrN2O/c1-17(14(18)12-6-8-16-10-12)9-7-11-4-2-3-5-13(11)15/h2-5,12,16H,6-10H2,1H3. The molecule has 98 valence electrons. The number of rotatable bonds is 4. The van der Waals surface area contributed by atoms with Gasteiger partial charge in [0, 0.05) is 24.6 Å². The molecule has 1 N–H and O–H groups in total. The smallest absolute Gasteiger partial charge is 0.226 e. The lowest BCUT2D eigenvalue weighted by molar-refractivity contribution is -0.133. The third-order valence-corrected chi connectivity index (χ3v) is 4.23. The summed E-state index contributed by atoms with van der Waals surface area (Å²) in [5.41, 5.74) is 1.25. The van der Waals surface area contributed by atoms with E-state index in [0.29, 0.717) is 0 Å². The van der Waals surface area contributed by atoms with Gasteiger partial charge in [0.05, 0.1) is 5.92 Å². The highest BCUT2D eigenvalue weighted by molar-refractivity contribution is 9.10. The Morgan fingerprint density at radius 3 is 2.94 bits per heavy atom. The maximum absolute atomic E-state index is 12.1. The van der Waals surface area contributed by atoms with Crippen LogP contribution in [0, 0.1) is 5.92 Å². The SMILES string of the molecule is CN(CCc1ccccc1Br)C(=O)C1CCNC1. The third kappa shape index (κ3) is 3.33. The summed E-state index contributed by atoms with van der Waals surface area (Å²) in [6.45, 7) is 2.57. The average molecular weight is 311 g/mol. The second-order valence-corrected chi connectivity index (χ2v) is 5.65. The van der Waals surface area contributed by atoms with Gasteiger partial charge in [-0.2, -0.15) is 0 Å². The molecule has 0 aliphatic carbocycles. The van der Waals surface area contributed by atoms with Crippen LogP contribution in [-0.2, 0) is 11.2 Å². The Morgan fingerprint density at radius 1 is 1.50 bits per heavy atom. The molecule has 0 spiro atoms. The number of nitrogens with zero attached hydrogens (tertiary/aromatic N) is 1. The van der Waals surface area contributed by atoms with Gasteiger partial charge in [-0.25, -0.2) is 0 Å². The molecule has 1 aromatic carbocycles. The van der Waals surface area contributed by atoms with E-state index in [1.807, 2.05) is 30.1 Å². The molecule has 1 aliphatic rings. The van der Waals surface area contributed by atoms with Crippen molar-refractivity contribution in [1.82, 2.24) is 10.2 Å². The second-order valence-electron chi connectivity index (χ2n) is 4.79. The number of benzene rings is 1. The highest BCUT2D eigenvalue weighted by atomic mass is 79.9. The molecule has 1 fully saturated rings. The minimum absolute atomic E-state index is 0.175. The molecule has 18 heavy (non-hydrogen) atoms. The summed E-state index contributed by atoms with van der Waals surface area (Å²) in [4.78, 5) is 14.0. The van der Waals surface area contributed by atoms with Gasteiger partial charge in [0.15, 0.2) is 0 Å². The topological polar surface area (TPSA) is 32.3 Å². The maximum atomic E-state index is 12.1. The molecular formula is C14H19BrN2O. The first-order chi connectivity index (χ1) is 8.68. The van der Waals surface area contributed by atoms with Crippen LogP contribution in [-0.4, -0.2) is 37.5 Å². The summed E-state index contributed by atoms with van der Waals surface area (Å²) in [7, 11) is 1.90. The zero-order valence-corrected chi connectivity index (χ0v) is 12.2. The summed E-state index contributed by atoms with van der Waals surface area (Å²) in [5, 5.41) is 3.24. The molecule has 2 rings (SSSR count). The number of hydrogen-bond donors (Lipinski definition) is 1. The quantitative estimate of drug-likeness (QED) is 0.923. The van der Waals surface area contributed by atoms with Gasteiger partial charge < -0.3 is 10.2 Å². The van der Waals surface area contributed by atoms with Crippen molar-refractivity contribution in [2.75, 3.05) is 26.7 Å². The molecule has 1 aromatic rings. The first-order valence-electron chi connectivity index (χ1n) is 6.37. The lowest BCUT2D eigenvalue weighted by atomic mass is 10.1. The van der Waals surface area contributed by atoms with Crippen LogP contribution in [0.5, 0.6) is 0 Å². The molecule has 4 heteroatoms. The van der Waals surface area contributed by atoms with E-state index in [4.69, 9.17) is 0 Å². The molecule has 1 unspecified atom stereocenters. The van der Waals surface area contributed by atoms with Crippen molar-refractivity contribution in [3.05, 3.63) is 34.3 Å². The van der Waals surface area contributed by atoms with Crippen molar-refractivity contribution in [1.29, 1.82) is 0 Å². The highest BCUT2D eigenvalue weighted by Gasteiger charge is 2.24. The van der Waals surface area contributed by atoms with Gasteiger partial charge in [-0.3, -0.25) is 4.79 Å². The Morgan fingerprint density at radius 2 is 2.28 bits per heavy atom. The molecule has 3 nitrogen and oxygen atoms in total. The largest absolute Gasteiger partial charge is 0.345 e. The van der Waals surface area contributed by atoms with Gasteiger partial charge in [-0.05, 0) is 31.0 Å². The molecular weight excluding hydrogens is 292 g/mol. The lowest BCUT2D eigenvalue weighted by Gasteiger charge is -2.20. The van der Waals surface area contributed by atoms with Crippen molar-refractivity contribution in [2.45, 2.75) is 12.8 Å². The van der Waals surface area contributed by atoms with E-state index in [0.717, 1.165) is 36.9 Å². The summed E-state index contributed by atoms with van der Waals surface area (Å²) in [6.07, 6.45) is 1.86. The monoisotopic (exact) mass is 310 g/mol. The molecule has 1 amide bonds. The molecule has 1 aliphatic heterocycles. The number of carbonyl (C=O) groups is 1. The van der Waals surface area contributed by atoms with E-state index < -0.39 is 0 Å². The Bertz CT molecular complexity index is 416. The fourth-order valence-corrected chi connectivity index (χ4v) is 2.76. The first kappa shape index (κ1) is 13.6. The molecule has 0 bridgehead atoms. The van der Waals surface area contributed by atoms with Crippen LogP contribution in [0.25, 0.3) is 0 Å². The van der Waals surface area contributed by atoms with Crippen molar-refractivity contribution in [3.8, 4) is 0 Å². The van der Waals surface area contributed by atoms with Crippen molar-refractivity contribution < 1.29 is 4.79 Å². The summed E-state index contributed by atoms with van der Waals surface area (Å²) < 4.78 is 1.12. The number of nitrogens with one attached hydrogen (secondary N) is 1. The second kappa shape index (κ2) is 6.34. The van der Waals surface area contributed by atoms with E-state index in [2.05, 4.69) is 27.3 Å². The minimum Gasteiger partial charge on any atom is -0.345 e. The van der Waals surface area contributed by atoms with Crippen LogP contribution in [0.1, 0.15) is 12.0 Å². The van der Waals surface area contributed by atoms with Gasteiger partial charge >= 0.3 is 0 Å². The highest BCUT2D eigenvalue weighted by Crippen LogP contribution is 2.17. The number of amides is 1. The third-order valence-electron chi connectivity index (χ3n) is 3.46. The molecule has 0 radical (unpaired) electrons. The van der Waals surface area contributed by atoms with Crippen LogP contribution < -0.4 is 5.32 Å². The Hall–Kier alpha value is -0.870. The average Bonchev–Trinajstić information content (AvgIpc) is 2.90. The fourth-order valence-electron chi connectivity index (χ4n) is 2.28. The van der Waals surface area contributed by atoms with Crippen LogP contribution in [0.15, 0.2) is 28.7 Å². The van der Waals surface area contributed by atoms with Gasteiger partial charge in [-0.1, -0.05) is 34.1 Å². The molecule has 0 aromatic heterocycles.